The van der Waals surface area contributed by atoms with E-state index in [9.17, 15) is 18.8 Å². The zero-order valence-electron chi connectivity index (χ0n) is 16.2. The van der Waals surface area contributed by atoms with Gasteiger partial charge in [0.1, 0.15) is 11.6 Å². The van der Waals surface area contributed by atoms with Gasteiger partial charge in [0.05, 0.1) is 11.5 Å². The molecule has 0 saturated carbocycles. The van der Waals surface area contributed by atoms with E-state index in [4.69, 9.17) is 4.74 Å². The van der Waals surface area contributed by atoms with Crippen LogP contribution >= 0.6 is 11.8 Å². The van der Waals surface area contributed by atoms with E-state index in [2.05, 4.69) is 5.32 Å². The van der Waals surface area contributed by atoms with Crippen molar-refractivity contribution in [3.8, 4) is 5.75 Å². The van der Waals surface area contributed by atoms with Crippen molar-refractivity contribution >= 4 is 34.9 Å². The lowest BCUT2D eigenvalue weighted by atomic mass is 10.2. The van der Waals surface area contributed by atoms with E-state index >= 15 is 0 Å². The Morgan fingerprint density at radius 2 is 1.93 bits per heavy atom. The Kier molecular flexibility index (Phi) is 7.62. The Bertz CT molecular complexity index is 949. The van der Waals surface area contributed by atoms with Crippen molar-refractivity contribution < 1.29 is 23.5 Å². The molecule has 1 heterocycles. The van der Waals surface area contributed by atoms with Crippen molar-refractivity contribution in [1.82, 2.24) is 10.2 Å². The molecule has 0 aliphatic carbocycles. The molecule has 1 fully saturated rings. The highest BCUT2D eigenvalue weighted by atomic mass is 32.2. The van der Waals surface area contributed by atoms with Crippen LogP contribution in [0.1, 0.15) is 18.4 Å². The molecular formula is C22H21FN2O4S. The number of halogens is 1. The smallest absolute Gasteiger partial charge is 0.293 e. The number of amides is 3. The van der Waals surface area contributed by atoms with Gasteiger partial charge in [-0.25, -0.2) is 4.39 Å². The Morgan fingerprint density at radius 1 is 1.13 bits per heavy atom. The zero-order chi connectivity index (χ0) is 21.3. The summed E-state index contributed by atoms with van der Waals surface area (Å²) in [6.45, 7) is 0.576. The Hall–Kier alpha value is -3.13. The quantitative estimate of drug-likeness (QED) is 0.485. The number of nitrogens with one attached hydrogen (secondary N) is 1. The van der Waals surface area contributed by atoms with Gasteiger partial charge in [0.15, 0.2) is 0 Å². The summed E-state index contributed by atoms with van der Waals surface area (Å²) in [6, 6.07) is 15.1. The second kappa shape index (κ2) is 10.6. The number of thioether (sulfide) groups is 1. The first-order valence-electron chi connectivity index (χ1n) is 9.48. The van der Waals surface area contributed by atoms with Crippen molar-refractivity contribution in [2.75, 3.05) is 19.7 Å². The number of benzene rings is 2. The first-order chi connectivity index (χ1) is 14.5. The fraction of sp³-hybridized carbons (Fsp3) is 0.227. The van der Waals surface area contributed by atoms with Crippen LogP contribution in [0.25, 0.3) is 6.08 Å². The lowest BCUT2D eigenvalue weighted by Crippen LogP contribution is -2.37. The summed E-state index contributed by atoms with van der Waals surface area (Å²) in [6.07, 6.45) is 2.37. The lowest BCUT2D eigenvalue weighted by Gasteiger charge is -2.13. The predicted molar refractivity (Wildman–Crippen MR) is 113 cm³/mol. The van der Waals surface area contributed by atoms with Crippen LogP contribution in [0.4, 0.5) is 9.18 Å². The summed E-state index contributed by atoms with van der Waals surface area (Å²) in [5.41, 5.74) is 0.844. The van der Waals surface area contributed by atoms with Crippen LogP contribution in [0.2, 0.25) is 0 Å². The topological polar surface area (TPSA) is 75.7 Å². The Labute approximate surface area is 178 Å². The molecule has 8 heteroatoms. The molecule has 0 spiro atoms. The highest BCUT2D eigenvalue weighted by Crippen LogP contribution is 2.31. The van der Waals surface area contributed by atoms with Crippen LogP contribution < -0.4 is 10.1 Å². The summed E-state index contributed by atoms with van der Waals surface area (Å²) < 4.78 is 18.4. The van der Waals surface area contributed by atoms with Gasteiger partial charge < -0.3 is 10.1 Å². The van der Waals surface area contributed by atoms with E-state index < -0.39 is 0 Å². The fourth-order valence-corrected chi connectivity index (χ4v) is 3.63. The molecule has 0 atom stereocenters. The van der Waals surface area contributed by atoms with E-state index in [0.29, 0.717) is 17.1 Å². The minimum atomic E-state index is -0.379. The average Bonchev–Trinajstić information content (AvgIpc) is 2.99. The minimum Gasteiger partial charge on any atom is -0.493 e. The summed E-state index contributed by atoms with van der Waals surface area (Å²) >= 11 is 0.894. The average molecular weight is 428 g/mol. The van der Waals surface area contributed by atoms with Gasteiger partial charge in [-0.15, -0.1) is 0 Å². The second-order valence-corrected chi connectivity index (χ2v) is 7.50. The van der Waals surface area contributed by atoms with Gasteiger partial charge in [-0.1, -0.05) is 36.4 Å². The molecule has 156 valence electrons. The number of hydrogen-bond donors (Lipinski definition) is 1. The maximum atomic E-state index is 13.1. The van der Waals surface area contributed by atoms with Gasteiger partial charge in [0.25, 0.3) is 11.1 Å². The standard InChI is InChI=1S/C22H21FN2O4S/c23-17-8-4-9-18(15-17)29-13-5-10-20(26)24-11-12-25-21(27)19(30-22(25)28)14-16-6-2-1-3-7-16/h1-4,6-9,14-15H,5,10-13H2,(H,24,26). The minimum absolute atomic E-state index is 0.113. The van der Waals surface area contributed by atoms with Crippen LogP contribution in [0, 0.1) is 5.82 Å². The molecular weight excluding hydrogens is 407 g/mol. The highest BCUT2D eigenvalue weighted by molar-refractivity contribution is 8.18. The molecule has 0 bridgehead atoms. The van der Waals surface area contributed by atoms with Crippen LogP contribution in [0.5, 0.6) is 5.75 Å². The molecule has 2 aromatic rings. The molecule has 6 nitrogen and oxygen atoms in total. The van der Waals surface area contributed by atoms with Gasteiger partial charge in [-0.3, -0.25) is 19.3 Å². The summed E-state index contributed by atoms with van der Waals surface area (Å²) in [7, 11) is 0. The molecule has 1 N–H and O–H groups in total. The molecule has 1 saturated heterocycles. The third kappa shape index (κ3) is 6.18. The first-order valence-corrected chi connectivity index (χ1v) is 10.3. The molecule has 30 heavy (non-hydrogen) atoms. The van der Waals surface area contributed by atoms with E-state index in [-0.39, 0.29) is 49.0 Å². The SMILES string of the molecule is O=C(CCCOc1cccc(F)c1)NCCN1C(=O)SC(=Cc2ccccc2)C1=O. The molecule has 0 radical (unpaired) electrons. The van der Waals surface area contributed by atoms with Gasteiger partial charge in [-0.05, 0) is 42.0 Å². The predicted octanol–water partition coefficient (Wildman–Crippen LogP) is 3.84. The number of carbonyl (C=O) groups is 3. The normalized spacial score (nSPS) is 15.0. The van der Waals surface area contributed by atoms with E-state index in [1.54, 1.807) is 18.2 Å². The van der Waals surface area contributed by atoms with E-state index in [0.717, 1.165) is 22.2 Å². The number of ether oxygens (including phenoxy) is 1. The number of rotatable bonds is 9. The second-order valence-electron chi connectivity index (χ2n) is 6.50. The third-order valence-electron chi connectivity index (χ3n) is 4.24. The van der Waals surface area contributed by atoms with Crippen molar-refractivity contribution in [1.29, 1.82) is 0 Å². The summed E-state index contributed by atoms with van der Waals surface area (Å²) in [4.78, 5) is 37.9. The van der Waals surface area contributed by atoms with Crippen molar-refractivity contribution in [2.45, 2.75) is 12.8 Å². The van der Waals surface area contributed by atoms with Crippen LogP contribution in [0.15, 0.2) is 59.5 Å². The number of carbonyl (C=O) groups excluding carboxylic acids is 3. The molecule has 1 aliphatic heterocycles. The fourth-order valence-electron chi connectivity index (χ4n) is 2.77. The van der Waals surface area contributed by atoms with Crippen LogP contribution in [-0.4, -0.2) is 41.6 Å². The molecule has 3 amide bonds. The summed E-state index contributed by atoms with van der Waals surface area (Å²) in [5, 5.41) is 2.35. The maximum absolute atomic E-state index is 13.1. The first kappa shape index (κ1) is 21.6. The van der Waals surface area contributed by atoms with Gasteiger partial charge in [-0.2, -0.15) is 0 Å². The van der Waals surface area contributed by atoms with Gasteiger partial charge in [0.2, 0.25) is 5.91 Å². The maximum Gasteiger partial charge on any atom is 0.293 e. The van der Waals surface area contributed by atoms with Crippen molar-refractivity contribution in [3.05, 3.63) is 70.9 Å². The molecule has 1 aliphatic rings. The van der Waals surface area contributed by atoms with E-state index in [1.807, 2.05) is 30.3 Å². The Balaban J connectivity index is 1.37. The van der Waals surface area contributed by atoms with Crippen LogP contribution in [0.3, 0.4) is 0 Å². The molecule has 0 unspecified atom stereocenters. The third-order valence-corrected chi connectivity index (χ3v) is 5.15. The summed E-state index contributed by atoms with van der Waals surface area (Å²) in [5.74, 6) is -0.522. The number of imide groups is 1. The number of nitrogens with zero attached hydrogens (tertiary/aromatic N) is 1. The van der Waals surface area contributed by atoms with Crippen molar-refractivity contribution in [3.63, 3.8) is 0 Å². The van der Waals surface area contributed by atoms with Gasteiger partial charge >= 0.3 is 0 Å². The largest absolute Gasteiger partial charge is 0.493 e. The zero-order valence-corrected chi connectivity index (χ0v) is 17.0. The Morgan fingerprint density at radius 3 is 2.70 bits per heavy atom. The highest BCUT2D eigenvalue weighted by Gasteiger charge is 2.34. The van der Waals surface area contributed by atoms with E-state index in [1.165, 1.54) is 12.1 Å². The monoisotopic (exact) mass is 428 g/mol. The lowest BCUT2D eigenvalue weighted by molar-refractivity contribution is -0.124. The molecule has 3 rings (SSSR count). The van der Waals surface area contributed by atoms with Crippen LogP contribution in [-0.2, 0) is 9.59 Å². The van der Waals surface area contributed by atoms with Gasteiger partial charge in [0, 0.05) is 25.6 Å². The molecule has 2 aromatic carbocycles. The van der Waals surface area contributed by atoms with Crippen molar-refractivity contribution in [2.24, 2.45) is 0 Å². The molecule has 0 aromatic heterocycles. The number of hydrogen-bond acceptors (Lipinski definition) is 5.